The highest BCUT2D eigenvalue weighted by atomic mass is 16.5. The second kappa shape index (κ2) is 5.99. The molecule has 0 radical (unpaired) electrons. The molecule has 0 amide bonds. The van der Waals surface area contributed by atoms with Crippen LogP contribution in [0.15, 0.2) is 36.5 Å². The number of carbonyl (C=O) groups is 1. The summed E-state index contributed by atoms with van der Waals surface area (Å²) in [7, 11) is 0. The molecule has 0 bridgehead atoms. The molecule has 2 aromatic rings. The number of rotatable bonds is 3. The molecule has 21 heavy (non-hydrogen) atoms. The van der Waals surface area contributed by atoms with Gasteiger partial charge in [-0.2, -0.15) is 5.10 Å². The summed E-state index contributed by atoms with van der Waals surface area (Å²) in [4.78, 5) is 12.1. The van der Waals surface area contributed by atoms with E-state index in [0.29, 0.717) is 11.4 Å². The summed E-state index contributed by atoms with van der Waals surface area (Å²) in [5.74, 6) is -0.352. The molecular weight excluding hydrogens is 266 g/mol. The molecule has 1 saturated carbocycles. The number of hydrogen-bond acceptors (Lipinski definition) is 4. The minimum Gasteiger partial charge on any atom is -0.458 e. The van der Waals surface area contributed by atoms with Crippen molar-refractivity contribution in [3.05, 3.63) is 42.2 Å². The molecular formula is C16H19N3O2. The van der Waals surface area contributed by atoms with Gasteiger partial charge < -0.3 is 10.5 Å². The molecule has 1 aliphatic rings. The Hall–Kier alpha value is -2.30. The number of benzene rings is 1. The maximum Gasteiger partial charge on any atom is 0.359 e. The molecule has 1 fully saturated rings. The monoisotopic (exact) mass is 285 g/mol. The highest BCUT2D eigenvalue weighted by Crippen LogP contribution is 2.21. The van der Waals surface area contributed by atoms with Gasteiger partial charge in [-0.3, -0.25) is 0 Å². The Balaban J connectivity index is 1.72. The van der Waals surface area contributed by atoms with Crippen molar-refractivity contribution in [3.63, 3.8) is 0 Å². The van der Waals surface area contributed by atoms with Crippen molar-refractivity contribution in [2.24, 2.45) is 0 Å². The third-order valence-corrected chi connectivity index (χ3v) is 3.81. The number of para-hydroxylation sites is 2. The molecule has 0 atom stereocenters. The number of nitrogen functional groups attached to an aromatic ring is 1. The van der Waals surface area contributed by atoms with Gasteiger partial charge in [0.2, 0.25) is 0 Å². The summed E-state index contributed by atoms with van der Waals surface area (Å²) < 4.78 is 7.11. The zero-order chi connectivity index (χ0) is 14.7. The van der Waals surface area contributed by atoms with Crippen molar-refractivity contribution in [3.8, 4) is 5.69 Å². The Kier molecular flexibility index (Phi) is 3.90. The fourth-order valence-electron chi connectivity index (χ4n) is 2.66. The highest BCUT2D eigenvalue weighted by molar-refractivity contribution is 5.87. The van der Waals surface area contributed by atoms with Crippen LogP contribution in [0.1, 0.15) is 42.6 Å². The molecule has 3 rings (SSSR count). The number of ether oxygens (including phenoxy) is 1. The predicted octanol–water partition coefficient (Wildman–Crippen LogP) is 2.94. The van der Waals surface area contributed by atoms with Crippen LogP contribution in [0.25, 0.3) is 5.69 Å². The molecule has 1 aliphatic carbocycles. The molecule has 110 valence electrons. The van der Waals surface area contributed by atoms with Gasteiger partial charge in [0.05, 0.1) is 11.4 Å². The Bertz CT molecular complexity index is 630. The zero-order valence-corrected chi connectivity index (χ0v) is 11.9. The van der Waals surface area contributed by atoms with E-state index in [1.807, 2.05) is 18.2 Å². The summed E-state index contributed by atoms with van der Waals surface area (Å²) in [6.07, 6.45) is 7.17. The van der Waals surface area contributed by atoms with Crippen LogP contribution < -0.4 is 5.73 Å². The van der Waals surface area contributed by atoms with E-state index in [9.17, 15) is 4.79 Å². The van der Waals surface area contributed by atoms with Crippen molar-refractivity contribution in [2.75, 3.05) is 5.73 Å². The molecule has 0 saturated heterocycles. The van der Waals surface area contributed by atoms with Gasteiger partial charge in [0, 0.05) is 6.20 Å². The maximum absolute atomic E-state index is 12.1. The topological polar surface area (TPSA) is 70.1 Å². The van der Waals surface area contributed by atoms with Gasteiger partial charge in [0.1, 0.15) is 6.10 Å². The number of carbonyl (C=O) groups excluding carboxylic acids is 1. The first-order valence-electron chi connectivity index (χ1n) is 7.35. The van der Waals surface area contributed by atoms with E-state index in [-0.39, 0.29) is 12.1 Å². The van der Waals surface area contributed by atoms with Crippen molar-refractivity contribution < 1.29 is 9.53 Å². The summed E-state index contributed by atoms with van der Waals surface area (Å²) >= 11 is 0. The highest BCUT2D eigenvalue weighted by Gasteiger charge is 2.20. The van der Waals surface area contributed by atoms with Gasteiger partial charge >= 0.3 is 5.97 Å². The van der Waals surface area contributed by atoms with Crippen LogP contribution in [0.5, 0.6) is 0 Å². The molecule has 2 N–H and O–H groups in total. The smallest absolute Gasteiger partial charge is 0.359 e. The lowest BCUT2D eigenvalue weighted by molar-refractivity contribution is 0.0204. The fraction of sp³-hybridized carbons (Fsp3) is 0.375. The second-order valence-electron chi connectivity index (χ2n) is 5.37. The first-order valence-corrected chi connectivity index (χ1v) is 7.35. The van der Waals surface area contributed by atoms with E-state index in [0.717, 1.165) is 31.4 Å². The van der Waals surface area contributed by atoms with Gasteiger partial charge in [0.15, 0.2) is 5.69 Å². The first kappa shape index (κ1) is 13.7. The standard InChI is InChI=1S/C16H19N3O2/c17-13-8-4-5-9-15(13)19-11-10-14(18-19)16(20)21-12-6-2-1-3-7-12/h4-5,8-12H,1-3,6-7,17H2. The summed E-state index contributed by atoms with van der Waals surface area (Å²) in [5, 5.41) is 4.27. The number of nitrogens with zero attached hydrogens (tertiary/aromatic N) is 2. The van der Waals surface area contributed by atoms with E-state index in [1.165, 1.54) is 6.42 Å². The van der Waals surface area contributed by atoms with Crippen LogP contribution in [0.3, 0.4) is 0 Å². The van der Waals surface area contributed by atoms with Crippen LogP contribution >= 0.6 is 0 Å². The van der Waals surface area contributed by atoms with Crippen LogP contribution in [0.2, 0.25) is 0 Å². The number of esters is 1. The Morgan fingerprint density at radius 3 is 2.71 bits per heavy atom. The molecule has 0 unspecified atom stereocenters. The summed E-state index contributed by atoms with van der Waals surface area (Å²) in [6, 6.07) is 9.07. The van der Waals surface area contributed by atoms with Gasteiger partial charge in [0.25, 0.3) is 0 Å². The Labute approximate surface area is 123 Å². The normalized spacial score (nSPS) is 15.8. The number of nitrogens with two attached hydrogens (primary N) is 1. The molecule has 1 heterocycles. The number of anilines is 1. The molecule has 5 heteroatoms. The van der Waals surface area contributed by atoms with Crippen LogP contribution in [0, 0.1) is 0 Å². The minimum absolute atomic E-state index is 0.0400. The summed E-state index contributed by atoms with van der Waals surface area (Å²) in [5.41, 5.74) is 7.61. The summed E-state index contributed by atoms with van der Waals surface area (Å²) in [6.45, 7) is 0. The van der Waals surface area contributed by atoms with Crippen LogP contribution in [0.4, 0.5) is 5.69 Å². The molecule has 1 aromatic carbocycles. The van der Waals surface area contributed by atoms with E-state index in [1.54, 1.807) is 23.0 Å². The Morgan fingerprint density at radius 1 is 1.19 bits per heavy atom. The molecule has 5 nitrogen and oxygen atoms in total. The SMILES string of the molecule is Nc1ccccc1-n1ccc(C(=O)OC2CCCCC2)n1. The van der Waals surface area contributed by atoms with Gasteiger partial charge in [-0.15, -0.1) is 0 Å². The molecule has 0 spiro atoms. The third kappa shape index (κ3) is 3.07. The average molecular weight is 285 g/mol. The van der Waals surface area contributed by atoms with Crippen molar-refractivity contribution in [1.82, 2.24) is 9.78 Å². The van der Waals surface area contributed by atoms with Crippen molar-refractivity contribution in [2.45, 2.75) is 38.2 Å². The third-order valence-electron chi connectivity index (χ3n) is 3.81. The number of hydrogen-bond donors (Lipinski definition) is 1. The van der Waals surface area contributed by atoms with Crippen molar-refractivity contribution >= 4 is 11.7 Å². The van der Waals surface area contributed by atoms with E-state index >= 15 is 0 Å². The lowest BCUT2D eigenvalue weighted by atomic mass is 9.98. The van der Waals surface area contributed by atoms with Crippen LogP contribution in [-0.2, 0) is 4.74 Å². The molecule has 0 aliphatic heterocycles. The predicted molar refractivity (Wildman–Crippen MR) is 80.3 cm³/mol. The van der Waals surface area contributed by atoms with Gasteiger partial charge in [-0.05, 0) is 43.9 Å². The average Bonchev–Trinajstić information content (AvgIpc) is 2.98. The van der Waals surface area contributed by atoms with Gasteiger partial charge in [-0.25, -0.2) is 9.48 Å². The Morgan fingerprint density at radius 2 is 1.95 bits per heavy atom. The van der Waals surface area contributed by atoms with E-state index < -0.39 is 0 Å². The van der Waals surface area contributed by atoms with Crippen molar-refractivity contribution in [1.29, 1.82) is 0 Å². The van der Waals surface area contributed by atoms with E-state index in [4.69, 9.17) is 10.5 Å². The van der Waals surface area contributed by atoms with Gasteiger partial charge in [-0.1, -0.05) is 18.6 Å². The lowest BCUT2D eigenvalue weighted by Gasteiger charge is -2.21. The van der Waals surface area contributed by atoms with E-state index in [2.05, 4.69) is 5.10 Å². The minimum atomic E-state index is -0.352. The zero-order valence-electron chi connectivity index (χ0n) is 11.9. The van der Waals surface area contributed by atoms with Crippen LogP contribution in [-0.4, -0.2) is 21.9 Å². The molecule has 1 aromatic heterocycles. The number of aromatic nitrogens is 2. The lowest BCUT2D eigenvalue weighted by Crippen LogP contribution is -2.21. The second-order valence-corrected chi connectivity index (χ2v) is 5.37. The first-order chi connectivity index (χ1) is 10.2. The largest absolute Gasteiger partial charge is 0.458 e. The fourth-order valence-corrected chi connectivity index (χ4v) is 2.66. The quantitative estimate of drug-likeness (QED) is 0.695. The maximum atomic E-state index is 12.1.